The number of benzene rings is 1. The van der Waals surface area contributed by atoms with Crippen molar-refractivity contribution < 1.29 is 13.2 Å². The highest BCUT2D eigenvalue weighted by Crippen LogP contribution is 2.44. The molecule has 0 radical (unpaired) electrons. The van der Waals surface area contributed by atoms with Gasteiger partial charge in [-0.15, -0.1) is 0 Å². The fourth-order valence-electron chi connectivity index (χ4n) is 2.85. The first-order chi connectivity index (χ1) is 8.45. The highest BCUT2D eigenvalue weighted by molar-refractivity contribution is 5.25. The summed E-state index contributed by atoms with van der Waals surface area (Å²) in [6.07, 6.45) is -4.25. The van der Waals surface area contributed by atoms with Crippen molar-refractivity contribution in [2.45, 2.75) is 18.8 Å². The lowest BCUT2D eigenvalue weighted by Gasteiger charge is -2.18. The molecule has 1 saturated carbocycles. The zero-order valence-corrected chi connectivity index (χ0v) is 9.82. The molecule has 1 aliphatic heterocycles. The van der Waals surface area contributed by atoms with Gasteiger partial charge in [0.15, 0.2) is 0 Å². The number of hydrogen-bond donors (Lipinski definition) is 1. The molecule has 0 spiro atoms. The number of nitrogens with zero attached hydrogens (tertiary/aromatic N) is 1. The molecule has 1 aromatic rings. The Kier molecular flexibility index (Phi) is 2.64. The van der Waals surface area contributed by atoms with Gasteiger partial charge in [-0.05, 0) is 29.5 Å². The quantitative estimate of drug-likeness (QED) is 0.878. The molecule has 2 nitrogen and oxygen atoms in total. The molecule has 1 aliphatic carbocycles. The van der Waals surface area contributed by atoms with E-state index in [1.807, 2.05) is 0 Å². The van der Waals surface area contributed by atoms with Gasteiger partial charge in [0.2, 0.25) is 0 Å². The van der Waals surface area contributed by atoms with Crippen LogP contribution in [0.1, 0.15) is 11.1 Å². The first-order valence-corrected chi connectivity index (χ1v) is 6.09. The summed E-state index contributed by atoms with van der Waals surface area (Å²) < 4.78 is 37.2. The summed E-state index contributed by atoms with van der Waals surface area (Å²) in [6.45, 7) is 2.68. The minimum atomic E-state index is -4.25. The third kappa shape index (κ3) is 2.12. The zero-order chi connectivity index (χ0) is 12.9. The maximum absolute atomic E-state index is 12.4. The van der Waals surface area contributed by atoms with Crippen LogP contribution in [0.25, 0.3) is 0 Å². The van der Waals surface area contributed by atoms with Crippen LogP contribution < -0.4 is 5.73 Å². The molecule has 2 aliphatic rings. The minimum Gasteiger partial charge on any atom is -0.327 e. The maximum Gasteiger partial charge on any atom is 0.416 e. The molecule has 1 aromatic carbocycles. The molecule has 2 N–H and O–H groups in total. The smallest absolute Gasteiger partial charge is 0.327 e. The number of likely N-dealkylation sites (tertiary alicyclic amines) is 1. The molecule has 1 heterocycles. The Morgan fingerprint density at radius 1 is 1.11 bits per heavy atom. The van der Waals surface area contributed by atoms with Gasteiger partial charge in [-0.2, -0.15) is 13.2 Å². The van der Waals surface area contributed by atoms with Gasteiger partial charge in [0.25, 0.3) is 0 Å². The SMILES string of the molecule is NC1[C@H]2CN(Cc3ccc(C(F)(F)F)cc3)C[C@@H]12. The standard InChI is InChI=1S/C13H15F3N2/c14-13(15,16)9-3-1-8(2-4-9)5-18-6-10-11(7-18)12(10)17/h1-4,10-12H,5-7,17H2/t10-,11+,12?. The van der Waals surface area contributed by atoms with Crippen molar-refractivity contribution in [3.8, 4) is 0 Å². The normalized spacial score (nSPS) is 31.4. The molecule has 1 saturated heterocycles. The molecule has 98 valence electrons. The van der Waals surface area contributed by atoms with E-state index in [4.69, 9.17) is 5.73 Å². The summed E-state index contributed by atoms with van der Waals surface area (Å²) >= 11 is 0. The molecule has 1 unspecified atom stereocenters. The first kappa shape index (κ1) is 12.0. The summed E-state index contributed by atoms with van der Waals surface area (Å²) in [5.74, 6) is 1.22. The number of hydrogen-bond acceptors (Lipinski definition) is 2. The van der Waals surface area contributed by atoms with Crippen LogP contribution in [0.15, 0.2) is 24.3 Å². The van der Waals surface area contributed by atoms with Crippen LogP contribution in [-0.4, -0.2) is 24.0 Å². The van der Waals surface area contributed by atoms with Crippen LogP contribution in [0.2, 0.25) is 0 Å². The van der Waals surface area contributed by atoms with Crippen LogP contribution in [0, 0.1) is 11.8 Å². The number of halogens is 3. The number of nitrogens with two attached hydrogens (primary N) is 1. The third-order valence-electron chi connectivity index (χ3n) is 4.02. The highest BCUT2D eigenvalue weighted by Gasteiger charge is 2.53. The molecular weight excluding hydrogens is 241 g/mol. The van der Waals surface area contributed by atoms with E-state index in [-0.39, 0.29) is 0 Å². The Bertz CT molecular complexity index is 429. The van der Waals surface area contributed by atoms with Gasteiger partial charge in [0.05, 0.1) is 5.56 Å². The summed E-state index contributed by atoms with van der Waals surface area (Å²) in [7, 11) is 0. The average molecular weight is 256 g/mol. The molecule has 5 heteroatoms. The molecule has 3 rings (SSSR count). The first-order valence-electron chi connectivity index (χ1n) is 6.09. The molecule has 18 heavy (non-hydrogen) atoms. The van der Waals surface area contributed by atoms with Gasteiger partial charge in [-0.1, -0.05) is 12.1 Å². The zero-order valence-electron chi connectivity index (χ0n) is 9.82. The Balaban J connectivity index is 1.61. The molecule has 0 bridgehead atoms. The lowest BCUT2D eigenvalue weighted by Crippen LogP contribution is -2.27. The number of rotatable bonds is 2. The van der Waals surface area contributed by atoms with Crippen molar-refractivity contribution in [3.05, 3.63) is 35.4 Å². The second kappa shape index (κ2) is 3.96. The second-order valence-corrected chi connectivity index (χ2v) is 5.29. The monoisotopic (exact) mass is 256 g/mol. The summed E-state index contributed by atoms with van der Waals surface area (Å²) in [4.78, 5) is 2.27. The summed E-state index contributed by atoms with van der Waals surface area (Å²) in [5.41, 5.74) is 6.19. The third-order valence-corrected chi connectivity index (χ3v) is 4.02. The Hall–Kier alpha value is -1.07. The minimum absolute atomic E-state index is 0.355. The number of piperidine rings is 1. The van der Waals surface area contributed by atoms with Crippen molar-refractivity contribution in [2.24, 2.45) is 17.6 Å². The lowest BCUT2D eigenvalue weighted by atomic mass is 10.1. The van der Waals surface area contributed by atoms with Crippen LogP contribution >= 0.6 is 0 Å². The fraction of sp³-hybridized carbons (Fsp3) is 0.538. The Morgan fingerprint density at radius 3 is 2.17 bits per heavy atom. The highest BCUT2D eigenvalue weighted by atomic mass is 19.4. The van der Waals surface area contributed by atoms with E-state index in [1.54, 1.807) is 12.1 Å². The molecule has 2 fully saturated rings. The number of alkyl halides is 3. The van der Waals surface area contributed by atoms with Gasteiger partial charge in [0, 0.05) is 25.7 Å². The van der Waals surface area contributed by atoms with Gasteiger partial charge < -0.3 is 5.73 Å². The molecule has 0 aromatic heterocycles. The van der Waals surface area contributed by atoms with Crippen molar-refractivity contribution in [1.82, 2.24) is 4.90 Å². The maximum atomic E-state index is 12.4. The molecule has 0 amide bonds. The second-order valence-electron chi connectivity index (χ2n) is 5.29. The molecule has 3 atom stereocenters. The van der Waals surface area contributed by atoms with Gasteiger partial charge in [0.1, 0.15) is 0 Å². The van der Waals surface area contributed by atoms with E-state index < -0.39 is 11.7 Å². The lowest BCUT2D eigenvalue weighted by molar-refractivity contribution is -0.137. The Labute approximate surface area is 104 Å². The van der Waals surface area contributed by atoms with Crippen LogP contribution in [0.3, 0.4) is 0 Å². The number of fused-ring (bicyclic) bond motifs is 1. The van der Waals surface area contributed by atoms with Gasteiger partial charge in [-0.25, -0.2) is 0 Å². The summed E-state index contributed by atoms with van der Waals surface area (Å²) in [5, 5.41) is 0. The van der Waals surface area contributed by atoms with E-state index in [0.29, 0.717) is 17.9 Å². The van der Waals surface area contributed by atoms with Crippen molar-refractivity contribution >= 4 is 0 Å². The average Bonchev–Trinajstić information content (AvgIpc) is 2.75. The van der Waals surface area contributed by atoms with Crippen LogP contribution in [0.5, 0.6) is 0 Å². The van der Waals surface area contributed by atoms with E-state index in [9.17, 15) is 13.2 Å². The van der Waals surface area contributed by atoms with E-state index in [0.717, 1.165) is 37.3 Å². The molecular formula is C13H15F3N2. The Morgan fingerprint density at radius 2 is 1.67 bits per heavy atom. The van der Waals surface area contributed by atoms with Crippen molar-refractivity contribution in [2.75, 3.05) is 13.1 Å². The van der Waals surface area contributed by atoms with Crippen molar-refractivity contribution in [1.29, 1.82) is 0 Å². The van der Waals surface area contributed by atoms with Crippen LogP contribution in [0.4, 0.5) is 13.2 Å². The van der Waals surface area contributed by atoms with Gasteiger partial charge in [-0.3, -0.25) is 4.90 Å². The van der Waals surface area contributed by atoms with Crippen molar-refractivity contribution in [3.63, 3.8) is 0 Å². The predicted molar refractivity (Wildman–Crippen MR) is 61.7 cm³/mol. The summed E-state index contributed by atoms with van der Waals surface area (Å²) in [6, 6.07) is 5.78. The topological polar surface area (TPSA) is 29.3 Å². The van der Waals surface area contributed by atoms with Crippen LogP contribution in [-0.2, 0) is 12.7 Å². The van der Waals surface area contributed by atoms with E-state index in [2.05, 4.69) is 4.90 Å². The van der Waals surface area contributed by atoms with E-state index >= 15 is 0 Å². The fourth-order valence-corrected chi connectivity index (χ4v) is 2.85. The predicted octanol–water partition coefficient (Wildman–Crippen LogP) is 2.09. The largest absolute Gasteiger partial charge is 0.416 e. The van der Waals surface area contributed by atoms with E-state index in [1.165, 1.54) is 0 Å². The van der Waals surface area contributed by atoms with Gasteiger partial charge >= 0.3 is 6.18 Å².